The zero-order valence-corrected chi connectivity index (χ0v) is 10.2. The molecule has 0 saturated heterocycles. The lowest BCUT2D eigenvalue weighted by Crippen LogP contribution is -2.14. The van der Waals surface area contributed by atoms with E-state index in [0.717, 1.165) is 5.82 Å². The topological polar surface area (TPSA) is 66.3 Å². The summed E-state index contributed by atoms with van der Waals surface area (Å²) in [5.74, 6) is 0.454. The van der Waals surface area contributed by atoms with E-state index in [9.17, 15) is 4.79 Å². The van der Waals surface area contributed by atoms with Crippen molar-refractivity contribution in [3.63, 3.8) is 0 Å². The lowest BCUT2D eigenvalue weighted by atomic mass is 10.2. The fourth-order valence-electron chi connectivity index (χ4n) is 1.63. The van der Waals surface area contributed by atoms with Gasteiger partial charge >= 0.3 is 5.97 Å². The maximum Gasteiger partial charge on any atom is 0.337 e. The first-order valence-electron chi connectivity index (χ1n) is 5.45. The second-order valence-electron chi connectivity index (χ2n) is 3.85. The number of pyridine rings is 2. The van der Waals surface area contributed by atoms with Gasteiger partial charge in [-0.3, -0.25) is 0 Å². The van der Waals surface area contributed by atoms with Crippen LogP contribution in [0.15, 0.2) is 36.5 Å². The highest BCUT2D eigenvalue weighted by atomic mass is 16.4. The van der Waals surface area contributed by atoms with E-state index in [4.69, 9.17) is 5.11 Å². The van der Waals surface area contributed by atoms with E-state index in [-0.39, 0.29) is 5.56 Å². The molecule has 0 aromatic carbocycles. The molecule has 0 spiro atoms. The van der Waals surface area contributed by atoms with Gasteiger partial charge in [-0.05, 0) is 31.2 Å². The number of carbonyl (C=O) groups is 1. The van der Waals surface area contributed by atoms with E-state index in [1.807, 2.05) is 25.2 Å². The first-order chi connectivity index (χ1) is 8.59. The Kier molecular flexibility index (Phi) is 3.23. The van der Waals surface area contributed by atoms with Crippen LogP contribution in [0.25, 0.3) is 0 Å². The molecule has 0 bridgehead atoms. The third-order valence-corrected chi connectivity index (χ3v) is 2.64. The Morgan fingerprint density at radius 3 is 2.56 bits per heavy atom. The highest BCUT2D eigenvalue weighted by Gasteiger charge is 2.11. The van der Waals surface area contributed by atoms with E-state index >= 15 is 0 Å². The Morgan fingerprint density at radius 2 is 2.00 bits per heavy atom. The quantitative estimate of drug-likeness (QED) is 0.895. The molecule has 2 heterocycles. The van der Waals surface area contributed by atoms with Crippen LogP contribution in [0.2, 0.25) is 0 Å². The predicted molar refractivity (Wildman–Crippen MR) is 68.2 cm³/mol. The number of carboxylic acids is 1. The third kappa shape index (κ3) is 2.29. The SMILES string of the molecule is Cc1nc(N(C)c2ccccn2)ccc1C(=O)O. The number of aryl methyl sites for hydroxylation is 1. The molecule has 0 radical (unpaired) electrons. The van der Waals surface area contributed by atoms with Crippen molar-refractivity contribution < 1.29 is 9.90 Å². The molecule has 0 saturated carbocycles. The van der Waals surface area contributed by atoms with E-state index < -0.39 is 5.97 Å². The number of aromatic nitrogens is 2. The third-order valence-electron chi connectivity index (χ3n) is 2.64. The van der Waals surface area contributed by atoms with E-state index in [2.05, 4.69) is 9.97 Å². The van der Waals surface area contributed by atoms with Gasteiger partial charge < -0.3 is 10.0 Å². The number of carboxylic acid groups (broad SMARTS) is 1. The van der Waals surface area contributed by atoms with Crippen molar-refractivity contribution in [2.75, 3.05) is 11.9 Å². The average Bonchev–Trinajstić information content (AvgIpc) is 2.38. The summed E-state index contributed by atoms with van der Waals surface area (Å²) in [7, 11) is 1.84. The van der Waals surface area contributed by atoms with Gasteiger partial charge in [-0.1, -0.05) is 6.07 Å². The molecular formula is C13H13N3O2. The minimum Gasteiger partial charge on any atom is -0.478 e. The molecule has 5 nitrogen and oxygen atoms in total. The predicted octanol–water partition coefficient (Wildman–Crippen LogP) is 2.25. The van der Waals surface area contributed by atoms with Gasteiger partial charge in [0.1, 0.15) is 11.6 Å². The number of rotatable bonds is 3. The van der Waals surface area contributed by atoms with Crippen LogP contribution in [-0.4, -0.2) is 28.1 Å². The molecule has 0 aliphatic rings. The number of anilines is 2. The molecule has 2 aromatic heterocycles. The Bertz CT molecular complexity index is 570. The van der Waals surface area contributed by atoms with Crippen molar-refractivity contribution in [1.82, 2.24) is 9.97 Å². The Labute approximate surface area is 105 Å². The van der Waals surface area contributed by atoms with Crippen molar-refractivity contribution in [2.45, 2.75) is 6.92 Å². The van der Waals surface area contributed by atoms with Crippen molar-refractivity contribution >= 4 is 17.6 Å². The highest BCUT2D eigenvalue weighted by Crippen LogP contribution is 2.20. The minimum atomic E-state index is -0.966. The zero-order valence-electron chi connectivity index (χ0n) is 10.2. The molecule has 5 heteroatoms. The van der Waals surface area contributed by atoms with Crippen LogP contribution in [0.4, 0.5) is 11.6 Å². The van der Waals surface area contributed by atoms with Gasteiger partial charge in [-0.15, -0.1) is 0 Å². The monoisotopic (exact) mass is 243 g/mol. The van der Waals surface area contributed by atoms with Crippen LogP contribution in [-0.2, 0) is 0 Å². The molecule has 92 valence electrons. The second kappa shape index (κ2) is 4.83. The van der Waals surface area contributed by atoms with Gasteiger partial charge in [0.25, 0.3) is 0 Å². The van der Waals surface area contributed by atoms with E-state index in [0.29, 0.717) is 11.5 Å². The highest BCUT2D eigenvalue weighted by molar-refractivity contribution is 5.89. The molecule has 0 aliphatic heterocycles. The zero-order chi connectivity index (χ0) is 13.1. The number of hydrogen-bond donors (Lipinski definition) is 1. The summed E-state index contributed by atoms with van der Waals surface area (Å²) < 4.78 is 0. The van der Waals surface area contributed by atoms with Gasteiger partial charge in [0.05, 0.1) is 11.3 Å². The summed E-state index contributed by atoms with van der Waals surface area (Å²) >= 11 is 0. The summed E-state index contributed by atoms with van der Waals surface area (Å²) in [6.07, 6.45) is 1.70. The van der Waals surface area contributed by atoms with Crippen LogP contribution < -0.4 is 4.90 Å². The standard InChI is InChI=1S/C13H13N3O2/c1-9-10(13(17)18)6-7-12(15-9)16(2)11-5-3-4-8-14-11/h3-8H,1-2H3,(H,17,18). The summed E-state index contributed by atoms with van der Waals surface area (Å²) in [5.41, 5.74) is 0.705. The maximum atomic E-state index is 10.9. The molecule has 18 heavy (non-hydrogen) atoms. The van der Waals surface area contributed by atoms with Crippen molar-refractivity contribution in [3.05, 3.63) is 47.8 Å². The minimum absolute atomic E-state index is 0.216. The molecule has 1 N–H and O–H groups in total. The van der Waals surface area contributed by atoms with Gasteiger partial charge in [-0.2, -0.15) is 0 Å². The lowest BCUT2D eigenvalue weighted by Gasteiger charge is -2.17. The van der Waals surface area contributed by atoms with Gasteiger partial charge in [0.2, 0.25) is 0 Å². The van der Waals surface area contributed by atoms with Crippen LogP contribution in [0.1, 0.15) is 16.1 Å². The Morgan fingerprint density at radius 1 is 1.22 bits per heavy atom. The smallest absolute Gasteiger partial charge is 0.337 e. The maximum absolute atomic E-state index is 10.9. The average molecular weight is 243 g/mol. The fraction of sp³-hybridized carbons (Fsp3) is 0.154. The number of nitrogens with zero attached hydrogens (tertiary/aromatic N) is 3. The number of hydrogen-bond acceptors (Lipinski definition) is 4. The summed E-state index contributed by atoms with van der Waals surface area (Å²) in [6, 6.07) is 8.81. The summed E-state index contributed by atoms with van der Waals surface area (Å²) in [6.45, 7) is 1.68. The normalized spacial score (nSPS) is 10.1. The van der Waals surface area contributed by atoms with Gasteiger partial charge in [-0.25, -0.2) is 14.8 Å². The van der Waals surface area contributed by atoms with Crippen LogP contribution in [0.3, 0.4) is 0 Å². The molecule has 0 atom stereocenters. The largest absolute Gasteiger partial charge is 0.478 e. The number of aromatic carboxylic acids is 1. The second-order valence-corrected chi connectivity index (χ2v) is 3.85. The van der Waals surface area contributed by atoms with Gasteiger partial charge in [0.15, 0.2) is 0 Å². The molecule has 0 aliphatic carbocycles. The van der Waals surface area contributed by atoms with E-state index in [1.54, 1.807) is 30.2 Å². The van der Waals surface area contributed by atoms with Crippen LogP contribution >= 0.6 is 0 Å². The van der Waals surface area contributed by atoms with Crippen LogP contribution in [0.5, 0.6) is 0 Å². The fourth-order valence-corrected chi connectivity index (χ4v) is 1.63. The first-order valence-corrected chi connectivity index (χ1v) is 5.45. The first kappa shape index (κ1) is 12.0. The summed E-state index contributed by atoms with van der Waals surface area (Å²) in [5, 5.41) is 8.95. The Hall–Kier alpha value is -2.43. The molecule has 0 amide bonds. The lowest BCUT2D eigenvalue weighted by molar-refractivity contribution is 0.0695. The Balaban J connectivity index is 2.35. The van der Waals surface area contributed by atoms with Crippen molar-refractivity contribution in [3.8, 4) is 0 Å². The van der Waals surface area contributed by atoms with Crippen LogP contribution in [0, 0.1) is 6.92 Å². The molecule has 2 aromatic rings. The van der Waals surface area contributed by atoms with Crippen molar-refractivity contribution in [1.29, 1.82) is 0 Å². The van der Waals surface area contributed by atoms with Gasteiger partial charge in [0, 0.05) is 13.2 Å². The molecular weight excluding hydrogens is 230 g/mol. The molecule has 2 rings (SSSR count). The van der Waals surface area contributed by atoms with E-state index in [1.165, 1.54) is 0 Å². The molecule has 0 unspecified atom stereocenters. The summed E-state index contributed by atoms with van der Waals surface area (Å²) in [4.78, 5) is 21.2. The molecule has 0 fully saturated rings. The van der Waals surface area contributed by atoms with Crippen molar-refractivity contribution in [2.24, 2.45) is 0 Å².